The fourth-order valence-electron chi connectivity index (χ4n) is 3.82. The number of fused-ring (bicyclic) bond motifs is 1. The van der Waals surface area contributed by atoms with Crippen LogP contribution in [0.25, 0.3) is 17.0 Å². The highest BCUT2D eigenvalue weighted by Crippen LogP contribution is 2.30. The Kier molecular flexibility index (Phi) is 8.46. The Morgan fingerprint density at radius 3 is 2.63 bits per heavy atom. The summed E-state index contributed by atoms with van der Waals surface area (Å²) < 4.78 is 7.92. The van der Waals surface area contributed by atoms with Crippen molar-refractivity contribution < 1.29 is 9.53 Å². The number of nitrogens with one attached hydrogen (secondary N) is 2. The molecule has 0 radical (unpaired) electrons. The van der Waals surface area contributed by atoms with Gasteiger partial charge in [-0.2, -0.15) is 5.26 Å². The summed E-state index contributed by atoms with van der Waals surface area (Å²) in [6, 6.07) is 22.2. The summed E-state index contributed by atoms with van der Waals surface area (Å²) in [6.07, 6.45) is 4.26. The fourth-order valence-corrected chi connectivity index (χ4v) is 5.95. The molecule has 0 aliphatic carbocycles. The van der Waals surface area contributed by atoms with Gasteiger partial charge in [-0.15, -0.1) is 0 Å². The smallest absolute Gasteiger partial charge is 0.261 e. The Morgan fingerprint density at radius 1 is 1.11 bits per heavy atom. The standard InChI is InChI=1S/C28H23I2N3O2/c1-18-5-4-6-19(11-18)17-35-27-24(29)13-20(14-25(27)30)12-22(15-31)28(34)32-10-9-21-16-33-26-8-3-2-7-23(21)26/h2-8,11-14,16,33H,9-10,17H2,1H3,(H,32,34)/b22-12-. The number of benzene rings is 3. The molecule has 1 heterocycles. The zero-order chi connectivity index (χ0) is 24.8. The van der Waals surface area contributed by atoms with E-state index in [4.69, 9.17) is 4.74 Å². The molecule has 4 aromatic rings. The zero-order valence-corrected chi connectivity index (χ0v) is 23.4. The first kappa shape index (κ1) is 25.3. The van der Waals surface area contributed by atoms with Crippen LogP contribution in [0.3, 0.4) is 0 Å². The van der Waals surface area contributed by atoms with Crippen LogP contribution in [0.15, 0.2) is 72.4 Å². The van der Waals surface area contributed by atoms with Crippen molar-refractivity contribution in [1.29, 1.82) is 5.26 Å². The summed E-state index contributed by atoms with van der Waals surface area (Å²) in [7, 11) is 0. The summed E-state index contributed by atoms with van der Waals surface area (Å²) in [6.45, 7) is 2.98. The lowest BCUT2D eigenvalue weighted by Crippen LogP contribution is -2.26. The first-order valence-corrected chi connectivity index (χ1v) is 13.2. The minimum absolute atomic E-state index is 0.0731. The maximum Gasteiger partial charge on any atom is 0.261 e. The molecule has 176 valence electrons. The highest BCUT2D eigenvalue weighted by atomic mass is 127. The Hall–Kier alpha value is -2.84. The van der Waals surface area contributed by atoms with Gasteiger partial charge in [-0.1, -0.05) is 48.0 Å². The van der Waals surface area contributed by atoms with Gasteiger partial charge in [-0.3, -0.25) is 4.79 Å². The van der Waals surface area contributed by atoms with E-state index in [0.29, 0.717) is 19.6 Å². The number of nitrogens with zero attached hydrogens (tertiary/aromatic N) is 1. The second-order valence-electron chi connectivity index (χ2n) is 8.13. The lowest BCUT2D eigenvalue weighted by Gasteiger charge is -2.12. The number of aromatic amines is 1. The van der Waals surface area contributed by atoms with Crippen molar-refractivity contribution in [2.75, 3.05) is 6.54 Å². The number of para-hydroxylation sites is 1. The molecule has 0 unspecified atom stereocenters. The number of H-pyrrole nitrogens is 1. The molecule has 2 N–H and O–H groups in total. The predicted molar refractivity (Wildman–Crippen MR) is 156 cm³/mol. The average Bonchev–Trinajstić information content (AvgIpc) is 3.25. The van der Waals surface area contributed by atoms with Crippen molar-refractivity contribution in [3.63, 3.8) is 0 Å². The molecule has 1 aromatic heterocycles. The lowest BCUT2D eigenvalue weighted by molar-refractivity contribution is -0.117. The number of rotatable bonds is 8. The van der Waals surface area contributed by atoms with Crippen LogP contribution in [-0.4, -0.2) is 17.4 Å². The third kappa shape index (κ3) is 6.44. The Labute approximate surface area is 231 Å². The van der Waals surface area contributed by atoms with Crippen LogP contribution in [0.4, 0.5) is 0 Å². The molecule has 0 aliphatic heterocycles. The highest BCUT2D eigenvalue weighted by Gasteiger charge is 2.13. The number of aryl methyl sites for hydroxylation is 1. The molecule has 0 atom stereocenters. The van der Waals surface area contributed by atoms with Gasteiger partial charge in [0.2, 0.25) is 0 Å². The van der Waals surface area contributed by atoms with Crippen molar-refractivity contribution in [3.05, 3.63) is 102 Å². The molecule has 3 aromatic carbocycles. The molecule has 0 spiro atoms. The van der Waals surface area contributed by atoms with Crippen molar-refractivity contribution >= 4 is 68.1 Å². The maximum atomic E-state index is 12.7. The third-order valence-electron chi connectivity index (χ3n) is 5.52. The topological polar surface area (TPSA) is 77.9 Å². The van der Waals surface area contributed by atoms with Crippen LogP contribution in [0, 0.1) is 25.4 Å². The van der Waals surface area contributed by atoms with Crippen LogP contribution < -0.4 is 10.1 Å². The van der Waals surface area contributed by atoms with E-state index in [1.165, 1.54) is 5.56 Å². The summed E-state index contributed by atoms with van der Waals surface area (Å²) in [5.74, 6) is 0.420. The molecule has 0 bridgehead atoms. The number of ether oxygens (including phenoxy) is 1. The number of hydrogen-bond acceptors (Lipinski definition) is 3. The molecule has 0 saturated heterocycles. The molecule has 5 nitrogen and oxygen atoms in total. The minimum Gasteiger partial charge on any atom is -0.487 e. The van der Waals surface area contributed by atoms with E-state index < -0.39 is 0 Å². The second kappa shape index (κ2) is 11.7. The number of halogens is 2. The van der Waals surface area contributed by atoms with E-state index in [9.17, 15) is 10.1 Å². The summed E-state index contributed by atoms with van der Waals surface area (Å²) in [5.41, 5.74) is 5.36. The maximum absolute atomic E-state index is 12.7. The second-order valence-corrected chi connectivity index (χ2v) is 10.5. The SMILES string of the molecule is Cc1cccc(COc2c(I)cc(/C=C(/C#N)C(=O)NCCc3c[nH]c4ccccc34)cc2I)c1. The fraction of sp³-hybridized carbons (Fsp3) is 0.143. The van der Waals surface area contributed by atoms with E-state index in [0.717, 1.165) is 40.5 Å². The molecule has 0 saturated carbocycles. The largest absolute Gasteiger partial charge is 0.487 e. The predicted octanol–water partition coefficient (Wildman–Crippen LogP) is 6.53. The van der Waals surface area contributed by atoms with Crippen LogP contribution in [-0.2, 0) is 17.8 Å². The molecule has 4 rings (SSSR count). The van der Waals surface area contributed by atoms with Gasteiger partial charge in [-0.05, 0) is 99.5 Å². The van der Waals surface area contributed by atoms with Gasteiger partial charge in [0.1, 0.15) is 24.0 Å². The Morgan fingerprint density at radius 2 is 1.89 bits per heavy atom. The molecule has 1 amide bonds. The monoisotopic (exact) mass is 687 g/mol. The van der Waals surface area contributed by atoms with Crippen LogP contribution in [0.2, 0.25) is 0 Å². The van der Waals surface area contributed by atoms with Crippen LogP contribution in [0.1, 0.15) is 22.3 Å². The van der Waals surface area contributed by atoms with Gasteiger partial charge < -0.3 is 15.0 Å². The molecular weight excluding hydrogens is 664 g/mol. The number of carbonyl (C=O) groups is 1. The Balaban J connectivity index is 1.41. The average molecular weight is 687 g/mol. The van der Waals surface area contributed by atoms with E-state index in [1.54, 1.807) is 6.08 Å². The molecule has 0 fully saturated rings. The summed E-state index contributed by atoms with van der Waals surface area (Å²) >= 11 is 4.45. The van der Waals surface area contributed by atoms with Gasteiger partial charge in [0.15, 0.2) is 0 Å². The normalized spacial score (nSPS) is 11.3. The van der Waals surface area contributed by atoms with Crippen LogP contribution >= 0.6 is 45.2 Å². The van der Waals surface area contributed by atoms with Crippen molar-refractivity contribution in [2.24, 2.45) is 0 Å². The first-order chi connectivity index (χ1) is 16.9. The quantitative estimate of drug-likeness (QED) is 0.126. The lowest BCUT2D eigenvalue weighted by atomic mass is 10.1. The number of hydrogen-bond donors (Lipinski definition) is 2. The molecule has 7 heteroatoms. The highest BCUT2D eigenvalue weighted by molar-refractivity contribution is 14.1. The number of nitriles is 1. The van der Waals surface area contributed by atoms with Gasteiger partial charge in [0, 0.05) is 23.6 Å². The molecule has 0 aliphatic rings. The van der Waals surface area contributed by atoms with E-state index >= 15 is 0 Å². The summed E-state index contributed by atoms with van der Waals surface area (Å²) in [4.78, 5) is 15.9. The van der Waals surface area contributed by atoms with Crippen molar-refractivity contribution in [3.8, 4) is 11.8 Å². The van der Waals surface area contributed by atoms with Crippen molar-refractivity contribution in [2.45, 2.75) is 20.0 Å². The van der Waals surface area contributed by atoms with Crippen LogP contribution in [0.5, 0.6) is 5.75 Å². The molecular formula is C28H23I2N3O2. The van der Waals surface area contributed by atoms with Gasteiger partial charge >= 0.3 is 0 Å². The van der Waals surface area contributed by atoms with E-state index in [1.807, 2.05) is 54.7 Å². The first-order valence-electron chi connectivity index (χ1n) is 11.1. The molecule has 35 heavy (non-hydrogen) atoms. The van der Waals surface area contributed by atoms with Crippen molar-refractivity contribution in [1.82, 2.24) is 10.3 Å². The number of carbonyl (C=O) groups excluding carboxylic acids is 1. The minimum atomic E-state index is -0.378. The third-order valence-corrected chi connectivity index (χ3v) is 7.12. The van der Waals surface area contributed by atoms with Gasteiger partial charge in [0.25, 0.3) is 5.91 Å². The number of amides is 1. The number of aromatic nitrogens is 1. The zero-order valence-electron chi connectivity index (χ0n) is 19.1. The van der Waals surface area contributed by atoms with E-state index in [-0.39, 0.29) is 11.5 Å². The van der Waals surface area contributed by atoms with Gasteiger partial charge in [0.05, 0.1) is 7.14 Å². The van der Waals surface area contributed by atoms with E-state index in [2.05, 4.69) is 80.6 Å². The summed E-state index contributed by atoms with van der Waals surface area (Å²) in [5, 5.41) is 13.6. The van der Waals surface area contributed by atoms with Gasteiger partial charge in [-0.25, -0.2) is 0 Å². The Bertz CT molecular complexity index is 1430.